The van der Waals surface area contributed by atoms with Crippen molar-refractivity contribution in [2.45, 2.75) is 6.18 Å². The molecule has 0 saturated heterocycles. The number of carbonyl (C=O) groups excluding carboxylic acids is 1. The van der Waals surface area contributed by atoms with E-state index in [1.165, 1.54) is 29.0 Å². The number of nitrogens with one attached hydrogen (secondary N) is 1. The van der Waals surface area contributed by atoms with E-state index in [1.54, 1.807) is 0 Å². The molecule has 0 bridgehead atoms. The lowest BCUT2D eigenvalue weighted by atomic mass is 10.1. The summed E-state index contributed by atoms with van der Waals surface area (Å²) in [6.45, 7) is 0. The molecule has 0 unspecified atom stereocenters. The molecule has 0 radical (unpaired) electrons. The minimum absolute atomic E-state index is 0.116. The maximum atomic E-state index is 13.0. The fourth-order valence-electron chi connectivity index (χ4n) is 1.91. The molecule has 0 aliphatic rings. The number of halogens is 5. The molecule has 0 aromatic heterocycles. The van der Waals surface area contributed by atoms with Crippen LogP contribution in [0.2, 0.25) is 5.02 Å². The fourth-order valence-corrected chi connectivity index (χ4v) is 2.81. The van der Waals surface area contributed by atoms with Crippen molar-refractivity contribution in [3.63, 3.8) is 0 Å². The van der Waals surface area contributed by atoms with Gasteiger partial charge in [-0.1, -0.05) is 23.7 Å². The van der Waals surface area contributed by atoms with Gasteiger partial charge in [0.05, 0.1) is 16.5 Å². The van der Waals surface area contributed by atoms with Gasteiger partial charge >= 0.3 is 6.18 Å². The van der Waals surface area contributed by atoms with Crippen molar-refractivity contribution >= 4 is 33.6 Å². The van der Waals surface area contributed by atoms with Crippen LogP contribution in [-0.2, 0) is 16.2 Å². The van der Waals surface area contributed by atoms with Crippen LogP contribution in [0.3, 0.4) is 0 Å². The Balaban J connectivity index is 2.25. The number of hydrogen-bond acceptors (Lipinski definition) is 3. The number of amides is 1. The molecule has 1 N–H and O–H groups in total. The first kappa shape index (κ1) is 19.9. The Hall–Kier alpha value is -2.39. The molecule has 0 spiro atoms. The van der Waals surface area contributed by atoms with E-state index in [1.807, 2.05) is 0 Å². The summed E-state index contributed by atoms with van der Waals surface area (Å²) in [4.78, 5) is 11.9. The molecule has 138 valence electrons. The standard InChI is InChI=1S/C16H10ClF4NO3S/c17-11-3-1-10(2-4-11)7-8-26(24,25)22-15(23)13-6-5-12(18)9-14(13)16(19,20)21/h1-9H,(H,22,23)/b8-7+. The van der Waals surface area contributed by atoms with Gasteiger partial charge in [0, 0.05) is 5.02 Å². The van der Waals surface area contributed by atoms with Gasteiger partial charge < -0.3 is 0 Å². The fraction of sp³-hybridized carbons (Fsp3) is 0.0625. The van der Waals surface area contributed by atoms with E-state index in [9.17, 15) is 30.8 Å². The summed E-state index contributed by atoms with van der Waals surface area (Å²) in [7, 11) is -4.38. The summed E-state index contributed by atoms with van der Waals surface area (Å²) in [6, 6.07) is 7.30. The maximum Gasteiger partial charge on any atom is 0.417 e. The largest absolute Gasteiger partial charge is 0.417 e. The molecule has 2 rings (SSSR count). The van der Waals surface area contributed by atoms with Gasteiger partial charge in [0.1, 0.15) is 5.82 Å². The van der Waals surface area contributed by atoms with Crippen LogP contribution >= 0.6 is 11.6 Å². The van der Waals surface area contributed by atoms with E-state index in [-0.39, 0.29) is 6.07 Å². The molecule has 1 amide bonds. The highest BCUT2D eigenvalue weighted by molar-refractivity contribution is 7.93. The summed E-state index contributed by atoms with van der Waals surface area (Å²) in [5, 5.41) is 1.04. The molecule has 0 saturated carbocycles. The first-order valence-corrected chi connectivity index (χ1v) is 8.78. The molecule has 0 fully saturated rings. The third-order valence-corrected chi connectivity index (χ3v) is 4.29. The van der Waals surface area contributed by atoms with Crippen molar-refractivity contribution in [2.24, 2.45) is 0 Å². The van der Waals surface area contributed by atoms with Crippen LogP contribution in [0.5, 0.6) is 0 Å². The Labute approximate surface area is 151 Å². The molecular weight excluding hydrogens is 398 g/mol. The molecule has 0 atom stereocenters. The molecule has 10 heteroatoms. The lowest BCUT2D eigenvalue weighted by molar-refractivity contribution is -0.138. The Bertz CT molecular complexity index is 954. The maximum absolute atomic E-state index is 13.0. The van der Waals surface area contributed by atoms with Crippen molar-refractivity contribution in [2.75, 3.05) is 0 Å². The van der Waals surface area contributed by atoms with Gasteiger partial charge in [-0.05, 0) is 42.0 Å². The third-order valence-electron chi connectivity index (χ3n) is 3.08. The van der Waals surface area contributed by atoms with Crippen LogP contribution in [-0.4, -0.2) is 14.3 Å². The first-order chi connectivity index (χ1) is 12.0. The summed E-state index contributed by atoms with van der Waals surface area (Å²) in [5.74, 6) is -2.74. The molecule has 0 heterocycles. The summed E-state index contributed by atoms with van der Waals surface area (Å²) in [6.07, 6.45) is -3.90. The molecule has 2 aromatic rings. The number of alkyl halides is 3. The van der Waals surface area contributed by atoms with Crippen LogP contribution in [0, 0.1) is 5.82 Å². The first-order valence-electron chi connectivity index (χ1n) is 6.85. The van der Waals surface area contributed by atoms with E-state index < -0.39 is 39.1 Å². The number of sulfonamides is 1. The van der Waals surface area contributed by atoms with Gasteiger partial charge in [-0.3, -0.25) is 4.79 Å². The Morgan fingerprint density at radius 2 is 1.69 bits per heavy atom. The third kappa shape index (κ3) is 5.30. The van der Waals surface area contributed by atoms with E-state index >= 15 is 0 Å². The minimum atomic E-state index is -5.03. The van der Waals surface area contributed by atoms with E-state index in [0.717, 1.165) is 6.08 Å². The topological polar surface area (TPSA) is 63.2 Å². The highest BCUT2D eigenvalue weighted by Crippen LogP contribution is 2.32. The average Bonchev–Trinajstić information content (AvgIpc) is 2.53. The Morgan fingerprint density at radius 1 is 1.08 bits per heavy atom. The molecule has 2 aromatic carbocycles. The SMILES string of the molecule is O=C(NS(=O)(=O)/C=C/c1ccc(Cl)cc1)c1ccc(F)cc1C(F)(F)F. The zero-order valence-electron chi connectivity index (χ0n) is 12.7. The predicted octanol–water partition coefficient (Wildman–Crippen LogP) is 4.23. The molecule has 26 heavy (non-hydrogen) atoms. The second-order valence-electron chi connectivity index (χ2n) is 5.02. The van der Waals surface area contributed by atoms with Crippen LogP contribution in [0.15, 0.2) is 47.9 Å². The molecule has 0 aliphatic carbocycles. The van der Waals surface area contributed by atoms with Crippen molar-refractivity contribution in [1.82, 2.24) is 4.72 Å². The monoisotopic (exact) mass is 407 g/mol. The minimum Gasteiger partial charge on any atom is -0.268 e. The average molecular weight is 408 g/mol. The van der Waals surface area contributed by atoms with Gasteiger partial charge in [-0.25, -0.2) is 17.5 Å². The second-order valence-corrected chi connectivity index (χ2v) is 7.02. The zero-order valence-corrected chi connectivity index (χ0v) is 14.3. The van der Waals surface area contributed by atoms with Crippen LogP contribution in [0.25, 0.3) is 6.08 Å². The van der Waals surface area contributed by atoms with Crippen molar-refractivity contribution < 1.29 is 30.8 Å². The number of benzene rings is 2. The van der Waals surface area contributed by atoms with Gasteiger partial charge in [-0.15, -0.1) is 0 Å². The smallest absolute Gasteiger partial charge is 0.268 e. The number of hydrogen-bond donors (Lipinski definition) is 1. The Kier molecular flexibility index (Phi) is 5.72. The summed E-state index contributed by atoms with van der Waals surface area (Å²) in [5.41, 5.74) is -2.15. The van der Waals surface area contributed by atoms with E-state index in [0.29, 0.717) is 28.1 Å². The zero-order chi connectivity index (χ0) is 19.5. The van der Waals surface area contributed by atoms with Gasteiger partial charge in [0.15, 0.2) is 0 Å². The summed E-state index contributed by atoms with van der Waals surface area (Å²) < 4.78 is 77.0. The molecule has 4 nitrogen and oxygen atoms in total. The van der Waals surface area contributed by atoms with Crippen molar-refractivity contribution in [1.29, 1.82) is 0 Å². The lowest BCUT2D eigenvalue weighted by Gasteiger charge is -2.12. The second kappa shape index (κ2) is 7.46. The molecule has 0 aliphatic heterocycles. The quantitative estimate of drug-likeness (QED) is 0.771. The van der Waals surface area contributed by atoms with Gasteiger partial charge in [0.2, 0.25) is 0 Å². The predicted molar refractivity (Wildman–Crippen MR) is 88.3 cm³/mol. The van der Waals surface area contributed by atoms with E-state index in [2.05, 4.69) is 0 Å². The van der Waals surface area contributed by atoms with E-state index in [4.69, 9.17) is 11.6 Å². The Morgan fingerprint density at radius 3 is 2.27 bits per heavy atom. The number of carbonyl (C=O) groups is 1. The van der Waals surface area contributed by atoms with Gasteiger partial charge in [-0.2, -0.15) is 13.2 Å². The number of rotatable bonds is 4. The van der Waals surface area contributed by atoms with Crippen molar-refractivity contribution in [3.05, 3.63) is 75.4 Å². The lowest BCUT2D eigenvalue weighted by Crippen LogP contribution is -2.30. The van der Waals surface area contributed by atoms with Crippen LogP contribution in [0.4, 0.5) is 17.6 Å². The summed E-state index contributed by atoms with van der Waals surface area (Å²) >= 11 is 5.68. The normalized spacial score (nSPS) is 12.3. The highest BCUT2D eigenvalue weighted by atomic mass is 35.5. The van der Waals surface area contributed by atoms with Crippen LogP contribution in [0.1, 0.15) is 21.5 Å². The van der Waals surface area contributed by atoms with Crippen LogP contribution < -0.4 is 4.72 Å². The van der Waals surface area contributed by atoms with Gasteiger partial charge in [0.25, 0.3) is 15.9 Å². The highest BCUT2D eigenvalue weighted by Gasteiger charge is 2.36. The van der Waals surface area contributed by atoms with Crippen molar-refractivity contribution in [3.8, 4) is 0 Å². The molecular formula is C16H10ClF4NO3S.